The molecular weight excluding hydrogens is 214 g/mol. The molecule has 1 rings (SSSR count). The van der Waals surface area contributed by atoms with Gasteiger partial charge in [-0.2, -0.15) is 0 Å². The molecule has 0 aliphatic carbocycles. The van der Waals surface area contributed by atoms with E-state index in [4.69, 9.17) is 5.73 Å². The third-order valence-corrected chi connectivity index (χ3v) is 2.15. The van der Waals surface area contributed by atoms with E-state index in [0.29, 0.717) is 0 Å². The number of carbonyl (C=O) groups excluding carboxylic acids is 1. The topological polar surface area (TPSA) is 55.1 Å². The largest absolute Gasteiger partial charge is 0.354 e. The molecule has 1 amide bonds. The number of amides is 1. The van der Waals surface area contributed by atoms with Crippen molar-refractivity contribution in [1.82, 2.24) is 5.32 Å². The molecule has 1 atom stereocenters. The Hall–Kier alpha value is -1.49. The lowest BCUT2D eigenvalue weighted by Crippen LogP contribution is -2.39. The Morgan fingerprint density at radius 2 is 2.00 bits per heavy atom. The van der Waals surface area contributed by atoms with Gasteiger partial charge in [-0.3, -0.25) is 4.79 Å². The summed E-state index contributed by atoms with van der Waals surface area (Å²) in [4.78, 5) is 11.1. The molecule has 16 heavy (non-hydrogen) atoms. The first-order chi connectivity index (χ1) is 7.52. The molecule has 3 N–H and O–H groups in total. The second-order valence-electron chi connectivity index (χ2n) is 3.53. The third-order valence-electron chi connectivity index (χ3n) is 2.15. The number of hydrogen-bond donors (Lipinski definition) is 2. The first-order valence-electron chi connectivity index (χ1n) is 4.98. The molecule has 0 aliphatic rings. The summed E-state index contributed by atoms with van der Waals surface area (Å²) in [5.41, 5.74) is 5.29. The Morgan fingerprint density at radius 1 is 1.44 bits per heavy atom. The smallest absolute Gasteiger partial charge is 0.236 e. The molecule has 0 radical (unpaired) electrons. The Labute approximate surface area is 92.6 Å². The average molecular weight is 228 g/mol. The molecule has 0 spiro atoms. The minimum Gasteiger partial charge on any atom is -0.354 e. The van der Waals surface area contributed by atoms with Crippen molar-refractivity contribution >= 4 is 5.91 Å². The van der Waals surface area contributed by atoms with Gasteiger partial charge in [0.1, 0.15) is 11.6 Å². The van der Waals surface area contributed by atoms with Crippen LogP contribution in [0, 0.1) is 11.6 Å². The van der Waals surface area contributed by atoms with E-state index in [2.05, 4.69) is 5.32 Å². The second kappa shape index (κ2) is 5.55. The van der Waals surface area contributed by atoms with E-state index in [9.17, 15) is 13.6 Å². The summed E-state index contributed by atoms with van der Waals surface area (Å²) in [6.45, 7) is 1.71. The predicted molar refractivity (Wildman–Crippen MR) is 56.7 cm³/mol. The van der Waals surface area contributed by atoms with Crippen LogP contribution >= 0.6 is 0 Å². The number of nitrogens with one attached hydrogen (secondary N) is 1. The fourth-order valence-corrected chi connectivity index (χ4v) is 1.24. The van der Waals surface area contributed by atoms with Crippen molar-refractivity contribution in [2.24, 2.45) is 5.73 Å². The van der Waals surface area contributed by atoms with Gasteiger partial charge in [0.15, 0.2) is 0 Å². The summed E-state index contributed by atoms with van der Waals surface area (Å²) in [5, 5.41) is 2.49. The first-order valence-corrected chi connectivity index (χ1v) is 4.98. The lowest BCUT2D eigenvalue weighted by Gasteiger charge is -2.08. The Balaban J connectivity index is 2.52. The van der Waals surface area contributed by atoms with E-state index in [-0.39, 0.29) is 24.4 Å². The van der Waals surface area contributed by atoms with E-state index in [0.717, 1.165) is 0 Å². The van der Waals surface area contributed by atoms with Gasteiger partial charge in [-0.05, 0) is 25.5 Å². The van der Waals surface area contributed by atoms with Crippen molar-refractivity contribution in [3.8, 4) is 0 Å². The van der Waals surface area contributed by atoms with Gasteiger partial charge in [0.25, 0.3) is 0 Å². The monoisotopic (exact) mass is 228 g/mol. The third kappa shape index (κ3) is 3.27. The standard InChI is InChI=1S/C11H14F2N2O/c1-7(14)11(16)15-6-5-8-9(12)3-2-4-10(8)13/h2-4,7H,5-6,14H2,1H3,(H,15,16)/t7-/m0/s1. The molecule has 3 nitrogen and oxygen atoms in total. The summed E-state index contributed by atoms with van der Waals surface area (Å²) in [6, 6.07) is 3.05. The minimum atomic E-state index is -0.620. The normalized spacial score (nSPS) is 12.2. The van der Waals surface area contributed by atoms with Crippen LogP contribution in [0.25, 0.3) is 0 Å². The minimum absolute atomic E-state index is 0.0209. The van der Waals surface area contributed by atoms with Gasteiger partial charge in [-0.25, -0.2) is 8.78 Å². The van der Waals surface area contributed by atoms with Crippen molar-refractivity contribution in [3.05, 3.63) is 35.4 Å². The van der Waals surface area contributed by atoms with E-state index in [1.165, 1.54) is 18.2 Å². The van der Waals surface area contributed by atoms with Crippen molar-refractivity contribution < 1.29 is 13.6 Å². The summed E-state index contributed by atoms with van der Waals surface area (Å²) < 4.78 is 26.3. The number of rotatable bonds is 4. The molecule has 0 unspecified atom stereocenters. The highest BCUT2D eigenvalue weighted by Crippen LogP contribution is 2.11. The quantitative estimate of drug-likeness (QED) is 0.806. The van der Waals surface area contributed by atoms with Gasteiger partial charge in [0, 0.05) is 12.1 Å². The summed E-state index contributed by atoms with van der Waals surface area (Å²) in [6.07, 6.45) is 0.108. The number of nitrogens with two attached hydrogens (primary N) is 1. The van der Waals surface area contributed by atoms with Crippen LogP contribution in [0.5, 0.6) is 0 Å². The molecule has 1 aromatic rings. The highest BCUT2D eigenvalue weighted by molar-refractivity contribution is 5.80. The van der Waals surface area contributed by atoms with Gasteiger partial charge in [-0.1, -0.05) is 6.07 Å². The maximum absolute atomic E-state index is 13.2. The fraction of sp³-hybridized carbons (Fsp3) is 0.364. The number of carbonyl (C=O) groups is 1. The lowest BCUT2D eigenvalue weighted by molar-refractivity contribution is -0.121. The van der Waals surface area contributed by atoms with Gasteiger partial charge in [0.2, 0.25) is 5.91 Å². The molecule has 0 fully saturated rings. The first kappa shape index (κ1) is 12.6. The van der Waals surface area contributed by atoms with E-state index in [1.54, 1.807) is 6.92 Å². The van der Waals surface area contributed by atoms with Crippen molar-refractivity contribution in [3.63, 3.8) is 0 Å². The zero-order valence-electron chi connectivity index (χ0n) is 8.97. The molecule has 88 valence electrons. The molecule has 1 aromatic carbocycles. The highest BCUT2D eigenvalue weighted by Gasteiger charge is 2.10. The van der Waals surface area contributed by atoms with E-state index in [1.807, 2.05) is 0 Å². The molecule has 0 aliphatic heterocycles. The number of hydrogen-bond acceptors (Lipinski definition) is 2. The SMILES string of the molecule is C[C@H](N)C(=O)NCCc1c(F)cccc1F. The van der Waals surface area contributed by atoms with Gasteiger partial charge in [0.05, 0.1) is 6.04 Å². The second-order valence-corrected chi connectivity index (χ2v) is 3.53. The van der Waals surface area contributed by atoms with Crippen LogP contribution in [0.2, 0.25) is 0 Å². The molecule has 0 bridgehead atoms. The van der Waals surface area contributed by atoms with Crippen LogP contribution in [0.1, 0.15) is 12.5 Å². The predicted octanol–water partition coefficient (Wildman–Crippen LogP) is 0.971. The molecule has 5 heteroatoms. The summed E-state index contributed by atoms with van der Waals surface area (Å²) in [5.74, 6) is -1.54. The summed E-state index contributed by atoms with van der Waals surface area (Å²) >= 11 is 0. The molecule has 0 saturated carbocycles. The van der Waals surface area contributed by atoms with Crippen LogP contribution in [0.3, 0.4) is 0 Å². The van der Waals surface area contributed by atoms with Crippen LogP contribution in [0.15, 0.2) is 18.2 Å². The molecular formula is C11H14F2N2O. The fourth-order valence-electron chi connectivity index (χ4n) is 1.24. The Morgan fingerprint density at radius 3 is 2.50 bits per heavy atom. The highest BCUT2D eigenvalue weighted by atomic mass is 19.1. The van der Waals surface area contributed by atoms with Crippen LogP contribution < -0.4 is 11.1 Å². The van der Waals surface area contributed by atoms with Crippen LogP contribution in [-0.2, 0) is 11.2 Å². The van der Waals surface area contributed by atoms with Crippen LogP contribution in [-0.4, -0.2) is 18.5 Å². The molecule has 0 aromatic heterocycles. The molecule has 0 saturated heterocycles. The van der Waals surface area contributed by atoms with Crippen molar-refractivity contribution in [2.45, 2.75) is 19.4 Å². The lowest BCUT2D eigenvalue weighted by atomic mass is 10.1. The van der Waals surface area contributed by atoms with Gasteiger partial charge >= 0.3 is 0 Å². The maximum atomic E-state index is 13.2. The van der Waals surface area contributed by atoms with Crippen LogP contribution in [0.4, 0.5) is 8.78 Å². The summed E-state index contributed by atoms with van der Waals surface area (Å²) in [7, 11) is 0. The molecule has 0 heterocycles. The van der Waals surface area contributed by atoms with Crippen molar-refractivity contribution in [2.75, 3.05) is 6.54 Å². The van der Waals surface area contributed by atoms with Gasteiger partial charge < -0.3 is 11.1 Å². The van der Waals surface area contributed by atoms with E-state index >= 15 is 0 Å². The Bertz CT molecular complexity index is 360. The van der Waals surface area contributed by atoms with E-state index < -0.39 is 17.7 Å². The van der Waals surface area contributed by atoms with Crippen molar-refractivity contribution in [1.29, 1.82) is 0 Å². The van der Waals surface area contributed by atoms with Gasteiger partial charge in [-0.15, -0.1) is 0 Å². The Kier molecular flexibility index (Phi) is 4.37. The zero-order chi connectivity index (χ0) is 12.1. The maximum Gasteiger partial charge on any atom is 0.236 e. The average Bonchev–Trinajstić information content (AvgIpc) is 2.22. The zero-order valence-corrected chi connectivity index (χ0v) is 8.97. The number of halogens is 2. The number of benzene rings is 1.